The summed E-state index contributed by atoms with van der Waals surface area (Å²) in [5.41, 5.74) is 13.6. The van der Waals surface area contributed by atoms with Gasteiger partial charge in [0.15, 0.2) is 0 Å². The first-order valence-corrected chi connectivity index (χ1v) is 18.3. The van der Waals surface area contributed by atoms with E-state index in [0.717, 1.165) is 29.0 Å². The number of rotatable bonds is 5. The van der Waals surface area contributed by atoms with Gasteiger partial charge in [0.2, 0.25) is 0 Å². The Balaban J connectivity index is 1.34. The van der Waals surface area contributed by atoms with Crippen LogP contribution in [0.25, 0.3) is 71.6 Å². The number of hydrogen-bond donors (Lipinski definition) is 0. The lowest BCUT2D eigenvalue weighted by molar-refractivity contribution is 0.590. The van der Waals surface area contributed by atoms with Gasteiger partial charge in [-0.15, -0.1) is 0 Å². The third kappa shape index (κ3) is 5.83. The first kappa shape index (κ1) is 32.7. The van der Waals surface area contributed by atoms with E-state index < -0.39 is 0 Å². The highest BCUT2D eigenvalue weighted by atomic mass is 15.1. The van der Waals surface area contributed by atoms with Crippen LogP contribution in [0.1, 0.15) is 65.4 Å². The highest BCUT2D eigenvalue weighted by Gasteiger charge is 2.20. The predicted octanol–water partition coefficient (Wildman–Crippen LogP) is 13.5. The lowest BCUT2D eigenvalue weighted by atomic mass is 9.82. The molecule has 0 fully saturated rings. The van der Waals surface area contributed by atoms with Gasteiger partial charge in [0.05, 0.1) is 11.0 Å². The molecule has 7 aromatic carbocycles. The van der Waals surface area contributed by atoms with Crippen molar-refractivity contribution in [3.63, 3.8) is 0 Å². The minimum atomic E-state index is 0.0893. The topological polar surface area (TPSA) is 17.8 Å². The molecule has 0 radical (unpaired) electrons. The molecule has 2 heteroatoms. The molecule has 8 aromatic rings. The fraction of sp³-hybridized carbons (Fsp3) is 0.204. The summed E-state index contributed by atoms with van der Waals surface area (Å²) in [4.78, 5) is 4.92. The second-order valence-electron chi connectivity index (χ2n) is 16.0. The van der Waals surface area contributed by atoms with E-state index in [-0.39, 0.29) is 10.8 Å². The van der Waals surface area contributed by atoms with E-state index >= 15 is 0 Å². The third-order valence-corrected chi connectivity index (χ3v) is 10.5. The number of benzene rings is 7. The SMILES string of the molecule is CCc1nc2ccccc2n1-c1ccc(-c2ccc3c(-c4ccc(C(C)(C)C)cc4)c4ccccc4c(-c4ccc(C(C)(C)C)cc4)c3c2)cc1. The largest absolute Gasteiger partial charge is 0.296 e. The highest BCUT2D eigenvalue weighted by molar-refractivity contribution is 6.22. The van der Waals surface area contributed by atoms with Crippen LogP contribution in [0.15, 0.2) is 140 Å². The molecule has 0 saturated heterocycles. The van der Waals surface area contributed by atoms with Crippen LogP contribution in [0.5, 0.6) is 0 Å². The molecule has 51 heavy (non-hydrogen) atoms. The molecule has 0 spiro atoms. The summed E-state index contributed by atoms with van der Waals surface area (Å²) in [6.45, 7) is 15.8. The molecule has 0 bridgehead atoms. The summed E-state index contributed by atoms with van der Waals surface area (Å²) in [6, 6.07) is 51.9. The Morgan fingerprint density at radius 3 is 1.49 bits per heavy atom. The maximum absolute atomic E-state index is 4.92. The molecule has 0 saturated carbocycles. The average Bonchev–Trinajstić information content (AvgIpc) is 3.52. The quantitative estimate of drug-likeness (QED) is 0.168. The van der Waals surface area contributed by atoms with Crippen molar-refractivity contribution < 1.29 is 0 Å². The predicted molar refractivity (Wildman–Crippen MR) is 219 cm³/mol. The van der Waals surface area contributed by atoms with E-state index in [1.165, 1.54) is 66.1 Å². The van der Waals surface area contributed by atoms with Crippen molar-refractivity contribution in [2.45, 2.75) is 65.7 Å². The molecule has 1 aromatic heterocycles. The molecular weight excluding hydrogens is 617 g/mol. The number of aryl methyl sites for hydroxylation is 1. The second-order valence-corrected chi connectivity index (χ2v) is 16.0. The molecule has 0 unspecified atom stereocenters. The first-order chi connectivity index (χ1) is 24.5. The van der Waals surface area contributed by atoms with Gasteiger partial charge in [-0.2, -0.15) is 0 Å². The number of para-hydroxylation sites is 2. The maximum Gasteiger partial charge on any atom is 0.114 e. The lowest BCUT2D eigenvalue weighted by Gasteiger charge is -2.22. The number of fused-ring (bicyclic) bond motifs is 3. The van der Waals surface area contributed by atoms with Crippen molar-refractivity contribution in [3.8, 4) is 39.1 Å². The van der Waals surface area contributed by atoms with Crippen molar-refractivity contribution >= 4 is 32.6 Å². The minimum Gasteiger partial charge on any atom is -0.296 e. The minimum absolute atomic E-state index is 0.0893. The Morgan fingerprint density at radius 2 is 0.941 bits per heavy atom. The monoisotopic (exact) mass is 662 g/mol. The standard InChI is InChI=1S/C49H46N2/c1-8-45-50-43-15-11-12-16-44(43)51(45)38-28-21-32(22-29-38)35-23-30-41-42(31-35)47(34-19-26-37(27-20-34)49(5,6)7)40-14-10-9-13-39(40)46(41)33-17-24-36(25-18-33)48(2,3)4/h9-31H,8H2,1-7H3. The fourth-order valence-corrected chi connectivity index (χ4v) is 7.66. The number of hydrogen-bond acceptors (Lipinski definition) is 1. The van der Waals surface area contributed by atoms with Gasteiger partial charge in [-0.05, 0) is 107 Å². The third-order valence-electron chi connectivity index (χ3n) is 10.5. The van der Waals surface area contributed by atoms with Crippen LogP contribution >= 0.6 is 0 Å². The second kappa shape index (κ2) is 12.4. The molecule has 2 nitrogen and oxygen atoms in total. The van der Waals surface area contributed by atoms with E-state index in [1.54, 1.807) is 0 Å². The van der Waals surface area contributed by atoms with E-state index in [9.17, 15) is 0 Å². The lowest BCUT2D eigenvalue weighted by Crippen LogP contribution is -2.10. The molecule has 8 rings (SSSR count). The smallest absolute Gasteiger partial charge is 0.114 e. The molecule has 252 valence electrons. The van der Waals surface area contributed by atoms with E-state index in [0.29, 0.717) is 0 Å². The summed E-state index contributed by atoms with van der Waals surface area (Å²) in [6.07, 6.45) is 0.871. The Hall–Kier alpha value is -5.47. The van der Waals surface area contributed by atoms with Crippen molar-refractivity contribution in [1.29, 1.82) is 0 Å². The van der Waals surface area contributed by atoms with Gasteiger partial charge in [0.25, 0.3) is 0 Å². The first-order valence-electron chi connectivity index (χ1n) is 18.3. The van der Waals surface area contributed by atoms with Crippen molar-refractivity contribution in [2.75, 3.05) is 0 Å². The Morgan fingerprint density at radius 1 is 0.471 bits per heavy atom. The van der Waals surface area contributed by atoms with Crippen molar-refractivity contribution in [2.24, 2.45) is 0 Å². The molecule has 0 aliphatic carbocycles. The van der Waals surface area contributed by atoms with E-state index in [2.05, 4.69) is 193 Å². The summed E-state index contributed by atoms with van der Waals surface area (Å²) < 4.78 is 2.29. The van der Waals surface area contributed by atoms with Crippen molar-refractivity contribution in [3.05, 3.63) is 156 Å². The van der Waals surface area contributed by atoms with E-state index in [1.807, 2.05) is 0 Å². The zero-order valence-corrected chi connectivity index (χ0v) is 30.9. The van der Waals surface area contributed by atoms with Gasteiger partial charge >= 0.3 is 0 Å². The van der Waals surface area contributed by atoms with Crippen LogP contribution in [0, 0.1) is 0 Å². The van der Waals surface area contributed by atoms with Crippen LogP contribution in [-0.4, -0.2) is 9.55 Å². The molecule has 0 atom stereocenters. The summed E-state index contributed by atoms with van der Waals surface area (Å²) in [5, 5.41) is 5.09. The number of aromatic nitrogens is 2. The maximum atomic E-state index is 4.92. The van der Waals surface area contributed by atoms with Gasteiger partial charge in [-0.1, -0.05) is 158 Å². The van der Waals surface area contributed by atoms with Crippen LogP contribution in [0.3, 0.4) is 0 Å². The highest BCUT2D eigenvalue weighted by Crippen LogP contribution is 2.45. The molecule has 0 aliphatic rings. The van der Waals surface area contributed by atoms with Gasteiger partial charge in [0.1, 0.15) is 5.82 Å². The van der Waals surface area contributed by atoms with Crippen LogP contribution < -0.4 is 0 Å². The summed E-state index contributed by atoms with van der Waals surface area (Å²) >= 11 is 0. The number of imidazole rings is 1. The Bertz CT molecular complexity index is 2530. The average molecular weight is 663 g/mol. The zero-order chi connectivity index (χ0) is 35.5. The van der Waals surface area contributed by atoms with Gasteiger partial charge in [-0.25, -0.2) is 4.98 Å². The van der Waals surface area contributed by atoms with Crippen LogP contribution in [0.4, 0.5) is 0 Å². The Kier molecular flexibility index (Phi) is 7.95. The molecule has 0 aliphatic heterocycles. The van der Waals surface area contributed by atoms with E-state index in [4.69, 9.17) is 4.98 Å². The molecule has 1 heterocycles. The summed E-state index contributed by atoms with van der Waals surface area (Å²) in [5.74, 6) is 1.08. The zero-order valence-electron chi connectivity index (χ0n) is 30.9. The van der Waals surface area contributed by atoms with Crippen molar-refractivity contribution in [1.82, 2.24) is 9.55 Å². The molecule has 0 amide bonds. The van der Waals surface area contributed by atoms with Gasteiger partial charge in [-0.3, -0.25) is 4.57 Å². The fourth-order valence-electron chi connectivity index (χ4n) is 7.66. The molecular formula is C49H46N2. The Labute approximate surface area is 302 Å². The van der Waals surface area contributed by atoms with Crippen LogP contribution in [-0.2, 0) is 17.3 Å². The normalized spacial score (nSPS) is 12.3. The summed E-state index contributed by atoms with van der Waals surface area (Å²) in [7, 11) is 0. The van der Waals surface area contributed by atoms with Gasteiger partial charge < -0.3 is 0 Å². The van der Waals surface area contributed by atoms with Crippen LogP contribution in [0.2, 0.25) is 0 Å². The number of nitrogens with zero attached hydrogens (tertiary/aromatic N) is 2. The van der Waals surface area contributed by atoms with Gasteiger partial charge in [0, 0.05) is 12.1 Å². The molecule has 0 N–H and O–H groups in total.